The van der Waals surface area contributed by atoms with Crippen LogP contribution in [0.25, 0.3) is 0 Å². The molecule has 0 radical (unpaired) electrons. The van der Waals surface area contributed by atoms with Crippen LogP contribution in [0.15, 0.2) is 18.2 Å². The quantitative estimate of drug-likeness (QED) is 0.567. The van der Waals surface area contributed by atoms with E-state index in [-0.39, 0.29) is 30.2 Å². The second-order valence-electron chi connectivity index (χ2n) is 4.45. The summed E-state index contributed by atoms with van der Waals surface area (Å²) in [6.45, 7) is -0.301. The van der Waals surface area contributed by atoms with Crippen LogP contribution in [-0.4, -0.2) is 45.2 Å². The van der Waals surface area contributed by atoms with Gasteiger partial charge in [0.25, 0.3) is 5.91 Å². The molecule has 0 atom stereocenters. The fourth-order valence-electron chi connectivity index (χ4n) is 1.61. The number of rotatable bonds is 8. The van der Waals surface area contributed by atoms with E-state index in [1.165, 1.54) is 26.4 Å². The lowest BCUT2D eigenvalue weighted by molar-refractivity contribution is -0.140. The first-order chi connectivity index (χ1) is 11.0. The van der Waals surface area contributed by atoms with Crippen molar-refractivity contribution in [3.63, 3.8) is 0 Å². The number of carbonyl (C=O) groups is 3. The Morgan fingerprint density at radius 2 is 1.96 bits per heavy atom. The Labute approximate surface area is 132 Å². The van der Waals surface area contributed by atoms with Gasteiger partial charge in [-0.15, -0.1) is 0 Å². The van der Waals surface area contributed by atoms with Crippen molar-refractivity contribution >= 4 is 17.8 Å². The molecular weight excluding hydrogens is 309 g/mol. The molecule has 0 aliphatic carbocycles. The van der Waals surface area contributed by atoms with Gasteiger partial charge in [-0.25, -0.2) is 9.18 Å². The minimum absolute atomic E-state index is 0.174. The largest absolute Gasteiger partial charge is 0.497 e. The molecule has 7 nitrogen and oxygen atoms in total. The topological polar surface area (TPSA) is 90.9 Å². The zero-order valence-corrected chi connectivity index (χ0v) is 12.9. The van der Waals surface area contributed by atoms with Gasteiger partial charge in [0.1, 0.15) is 11.6 Å². The van der Waals surface area contributed by atoms with E-state index in [9.17, 15) is 18.8 Å². The third-order valence-corrected chi connectivity index (χ3v) is 2.84. The standard InChI is InChI=1S/C15H18FNO6/c1-21-10-5-6-11(12(16)8-10)15(20)23-9-13(18)17-7-3-4-14(19)22-2/h5-6,8H,3-4,7,9H2,1-2H3,(H,17,18). The summed E-state index contributed by atoms with van der Waals surface area (Å²) in [4.78, 5) is 34.0. The average molecular weight is 327 g/mol. The number of methoxy groups -OCH3 is 2. The molecule has 23 heavy (non-hydrogen) atoms. The lowest BCUT2D eigenvalue weighted by Gasteiger charge is -2.07. The molecule has 0 fully saturated rings. The lowest BCUT2D eigenvalue weighted by atomic mass is 10.2. The van der Waals surface area contributed by atoms with Crippen molar-refractivity contribution in [3.05, 3.63) is 29.6 Å². The van der Waals surface area contributed by atoms with E-state index in [1.807, 2.05) is 0 Å². The fourth-order valence-corrected chi connectivity index (χ4v) is 1.61. The van der Waals surface area contributed by atoms with Gasteiger partial charge < -0.3 is 19.5 Å². The van der Waals surface area contributed by atoms with E-state index >= 15 is 0 Å². The molecule has 0 heterocycles. The molecule has 0 aromatic heterocycles. The molecule has 0 spiro atoms. The van der Waals surface area contributed by atoms with Crippen molar-refractivity contribution in [2.24, 2.45) is 0 Å². The monoisotopic (exact) mass is 327 g/mol. The average Bonchev–Trinajstić information content (AvgIpc) is 2.55. The predicted octanol–water partition coefficient (Wildman–Crippen LogP) is 1.06. The van der Waals surface area contributed by atoms with Crippen molar-refractivity contribution in [1.29, 1.82) is 0 Å². The second-order valence-corrected chi connectivity index (χ2v) is 4.45. The Kier molecular flexibility index (Phi) is 7.52. The van der Waals surface area contributed by atoms with Crippen LogP contribution in [0.1, 0.15) is 23.2 Å². The molecule has 0 unspecified atom stereocenters. The highest BCUT2D eigenvalue weighted by molar-refractivity contribution is 5.91. The van der Waals surface area contributed by atoms with Crippen LogP contribution in [0.4, 0.5) is 4.39 Å². The van der Waals surface area contributed by atoms with Crippen molar-refractivity contribution < 1.29 is 33.0 Å². The van der Waals surface area contributed by atoms with Crippen LogP contribution in [-0.2, 0) is 19.1 Å². The van der Waals surface area contributed by atoms with Gasteiger partial charge in [0.05, 0.1) is 19.8 Å². The van der Waals surface area contributed by atoms with E-state index in [0.717, 1.165) is 6.07 Å². The minimum atomic E-state index is -0.949. The Hall–Kier alpha value is -2.64. The van der Waals surface area contributed by atoms with Gasteiger partial charge in [-0.3, -0.25) is 9.59 Å². The molecule has 126 valence electrons. The van der Waals surface area contributed by atoms with Gasteiger partial charge in [-0.05, 0) is 18.6 Å². The highest BCUT2D eigenvalue weighted by atomic mass is 19.1. The van der Waals surface area contributed by atoms with Gasteiger partial charge in [-0.1, -0.05) is 0 Å². The molecule has 1 aromatic rings. The molecule has 0 bridgehead atoms. The SMILES string of the molecule is COC(=O)CCCNC(=O)COC(=O)c1ccc(OC)cc1F. The van der Waals surface area contributed by atoms with Gasteiger partial charge in [-0.2, -0.15) is 0 Å². The smallest absolute Gasteiger partial charge is 0.341 e. The lowest BCUT2D eigenvalue weighted by Crippen LogP contribution is -2.30. The number of hydrogen-bond acceptors (Lipinski definition) is 6. The summed E-state index contributed by atoms with van der Waals surface area (Å²) in [7, 11) is 2.65. The number of ether oxygens (including phenoxy) is 3. The summed E-state index contributed by atoms with van der Waals surface area (Å²) in [5, 5.41) is 2.46. The number of halogens is 1. The molecule has 8 heteroatoms. The first kappa shape index (κ1) is 18.4. The van der Waals surface area contributed by atoms with Gasteiger partial charge >= 0.3 is 11.9 Å². The maximum absolute atomic E-state index is 13.6. The number of amides is 1. The van der Waals surface area contributed by atoms with E-state index in [4.69, 9.17) is 9.47 Å². The van der Waals surface area contributed by atoms with Crippen molar-refractivity contribution in [2.75, 3.05) is 27.4 Å². The van der Waals surface area contributed by atoms with Gasteiger partial charge in [0, 0.05) is 19.0 Å². The van der Waals surface area contributed by atoms with Crippen LogP contribution in [0, 0.1) is 5.82 Å². The first-order valence-corrected chi connectivity index (χ1v) is 6.82. The highest BCUT2D eigenvalue weighted by Gasteiger charge is 2.15. The maximum atomic E-state index is 13.6. The highest BCUT2D eigenvalue weighted by Crippen LogP contribution is 2.16. The molecule has 1 aromatic carbocycles. The third-order valence-electron chi connectivity index (χ3n) is 2.84. The number of nitrogens with one attached hydrogen (secondary N) is 1. The van der Waals surface area contributed by atoms with Crippen LogP contribution in [0.3, 0.4) is 0 Å². The van der Waals surface area contributed by atoms with Crippen LogP contribution in [0.2, 0.25) is 0 Å². The minimum Gasteiger partial charge on any atom is -0.497 e. The van der Waals surface area contributed by atoms with Crippen LogP contribution >= 0.6 is 0 Å². The van der Waals surface area contributed by atoms with Gasteiger partial charge in [0.2, 0.25) is 0 Å². The molecule has 0 aliphatic heterocycles. The normalized spacial score (nSPS) is 9.87. The fraction of sp³-hybridized carbons (Fsp3) is 0.400. The first-order valence-electron chi connectivity index (χ1n) is 6.82. The van der Waals surface area contributed by atoms with Crippen molar-refractivity contribution in [2.45, 2.75) is 12.8 Å². The number of benzene rings is 1. The number of carbonyl (C=O) groups excluding carboxylic acids is 3. The van der Waals surface area contributed by atoms with Gasteiger partial charge in [0.15, 0.2) is 6.61 Å². The molecule has 1 N–H and O–H groups in total. The zero-order valence-electron chi connectivity index (χ0n) is 12.9. The molecule has 1 amide bonds. The predicted molar refractivity (Wildman–Crippen MR) is 77.5 cm³/mol. The molecule has 1 rings (SSSR count). The Morgan fingerprint density at radius 3 is 2.57 bits per heavy atom. The van der Waals surface area contributed by atoms with Crippen molar-refractivity contribution in [1.82, 2.24) is 5.32 Å². The molecule has 0 saturated carbocycles. The van der Waals surface area contributed by atoms with E-state index in [1.54, 1.807) is 0 Å². The Bertz CT molecular complexity index is 575. The zero-order chi connectivity index (χ0) is 17.2. The third kappa shape index (κ3) is 6.33. The summed E-state index contributed by atoms with van der Waals surface area (Å²) in [5.41, 5.74) is -0.288. The summed E-state index contributed by atoms with van der Waals surface area (Å²) >= 11 is 0. The molecule has 0 saturated heterocycles. The second kappa shape index (κ2) is 9.39. The van der Waals surface area contributed by atoms with E-state index in [2.05, 4.69) is 10.1 Å². The Morgan fingerprint density at radius 1 is 1.22 bits per heavy atom. The maximum Gasteiger partial charge on any atom is 0.341 e. The number of hydrogen-bond donors (Lipinski definition) is 1. The summed E-state index contributed by atoms with van der Waals surface area (Å²) in [6, 6.07) is 3.67. The van der Waals surface area contributed by atoms with E-state index < -0.39 is 24.3 Å². The number of esters is 2. The summed E-state index contributed by atoms with van der Waals surface area (Å²) < 4.78 is 27.6. The molecular formula is C15H18FNO6. The summed E-state index contributed by atoms with van der Waals surface area (Å²) in [5.74, 6) is -2.40. The Balaban J connectivity index is 2.35. The van der Waals surface area contributed by atoms with Crippen LogP contribution in [0.5, 0.6) is 5.75 Å². The van der Waals surface area contributed by atoms with Crippen LogP contribution < -0.4 is 10.1 Å². The van der Waals surface area contributed by atoms with E-state index in [0.29, 0.717) is 6.42 Å². The summed E-state index contributed by atoms with van der Waals surface area (Å²) in [6.07, 6.45) is 0.576. The molecule has 0 aliphatic rings. The van der Waals surface area contributed by atoms with Crippen molar-refractivity contribution in [3.8, 4) is 5.75 Å².